The topological polar surface area (TPSA) is 12.5 Å². The molecular formula is C29H29NO. The van der Waals surface area contributed by atoms with Crippen molar-refractivity contribution in [3.63, 3.8) is 0 Å². The van der Waals surface area contributed by atoms with Gasteiger partial charge in [0.1, 0.15) is 0 Å². The Morgan fingerprint density at radius 3 is 2.10 bits per heavy atom. The number of ether oxygens (including phenoxy) is 1. The summed E-state index contributed by atoms with van der Waals surface area (Å²) in [5, 5.41) is 2.42. The van der Waals surface area contributed by atoms with Gasteiger partial charge in [-0.25, -0.2) is 0 Å². The molecule has 2 nitrogen and oxygen atoms in total. The number of rotatable bonds is 1. The first-order valence-electron chi connectivity index (χ1n) is 11.0. The van der Waals surface area contributed by atoms with E-state index in [1.54, 1.807) is 0 Å². The van der Waals surface area contributed by atoms with E-state index in [0.29, 0.717) is 0 Å². The van der Waals surface area contributed by atoms with Crippen molar-refractivity contribution in [3.05, 3.63) is 89.0 Å². The molecule has 5 rings (SSSR count). The van der Waals surface area contributed by atoms with Crippen LogP contribution in [0.4, 0.5) is 17.1 Å². The predicted octanol–water partition coefficient (Wildman–Crippen LogP) is 8.64. The normalized spacial score (nSPS) is 13.0. The van der Waals surface area contributed by atoms with Crippen LogP contribution in [0.2, 0.25) is 0 Å². The zero-order chi connectivity index (χ0) is 21.9. The van der Waals surface area contributed by atoms with Crippen molar-refractivity contribution in [1.82, 2.24) is 0 Å². The molecule has 1 aliphatic rings. The third kappa shape index (κ3) is 3.27. The molecule has 0 spiro atoms. The van der Waals surface area contributed by atoms with Crippen LogP contribution in [0.3, 0.4) is 0 Å². The molecule has 0 saturated heterocycles. The Kier molecular flexibility index (Phi) is 4.37. The van der Waals surface area contributed by atoms with Gasteiger partial charge in [0.05, 0.1) is 17.1 Å². The third-order valence-corrected chi connectivity index (χ3v) is 6.22. The fraction of sp³-hybridized carbons (Fsp3) is 0.241. The summed E-state index contributed by atoms with van der Waals surface area (Å²) in [6, 6.07) is 24.0. The molecular weight excluding hydrogens is 378 g/mol. The SMILES string of the molecule is Cc1ccc2cc3c(cc2c1)Oc1ccccc1N3c1c(C)cc(C(C)(C)C)cc1C. The minimum Gasteiger partial charge on any atom is -0.453 e. The van der Waals surface area contributed by atoms with E-state index in [-0.39, 0.29) is 5.41 Å². The molecule has 0 fully saturated rings. The van der Waals surface area contributed by atoms with Crippen LogP contribution in [0.1, 0.15) is 43.0 Å². The summed E-state index contributed by atoms with van der Waals surface area (Å²) in [5.41, 5.74) is 8.68. The number of hydrogen-bond donors (Lipinski definition) is 0. The van der Waals surface area contributed by atoms with Gasteiger partial charge in [-0.1, -0.05) is 68.8 Å². The van der Waals surface area contributed by atoms with Gasteiger partial charge in [0.2, 0.25) is 0 Å². The fourth-order valence-electron chi connectivity index (χ4n) is 4.60. The lowest BCUT2D eigenvalue weighted by molar-refractivity contribution is 0.477. The maximum absolute atomic E-state index is 6.39. The van der Waals surface area contributed by atoms with Crippen molar-refractivity contribution in [3.8, 4) is 11.5 Å². The summed E-state index contributed by atoms with van der Waals surface area (Å²) >= 11 is 0. The maximum Gasteiger partial charge on any atom is 0.152 e. The molecule has 0 amide bonds. The number of para-hydroxylation sites is 2. The molecule has 0 atom stereocenters. The van der Waals surface area contributed by atoms with Crippen LogP contribution in [0.25, 0.3) is 10.8 Å². The van der Waals surface area contributed by atoms with Gasteiger partial charge in [0, 0.05) is 0 Å². The first kappa shape index (κ1) is 19.7. The van der Waals surface area contributed by atoms with Gasteiger partial charge >= 0.3 is 0 Å². The molecule has 0 saturated carbocycles. The molecule has 0 radical (unpaired) electrons. The van der Waals surface area contributed by atoms with E-state index in [1.807, 2.05) is 6.07 Å². The molecule has 2 heteroatoms. The molecule has 156 valence electrons. The van der Waals surface area contributed by atoms with E-state index < -0.39 is 0 Å². The zero-order valence-corrected chi connectivity index (χ0v) is 19.2. The zero-order valence-electron chi connectivity index (χ0n) is 19.2. The van der Waals surface area contributed by atoms with Crippen LogP contribution in [0.5, 0.6) is 11.5 Å². The Labute approximate surface area is 185 Å². The molecule has 1 heterocycles. The molecule has 0 unspecified atom stereocenters. The molecule has 0 aliphatic carbocycles. The van der Waals surface area contributed by atoms with E-state index in [0.717, 1.165) is 22.9 Å². The summed E-state index contributed by atoms with van der Waals surface area (Å²) in [4.78, 5) is 2.38. The Morgan fingerprint density at radius 2 is 1.39 bits per heavy atom. The van der Waals surface area contributed by atoms with Gasteiger partial charge in [-0.3, -0.25) is 0 Å². The molecule has 0 bridgehead atoms. The lowest BCUT2D eigenvalue weighted by Crippen LogP contribution is -2.19. The fourth-order valence-corrected chi connectivity index (χ4v) is 4.60. The largest absolute Gasteiger partial charge is 0.453 e. The molecule has 31 heavy (non-hydrogen) atoms. The van der Waals surface area contributed by atoms with Crippen LogP contribution in [-0.2, 0) is 5.41 Å². The number of nitrogens with zero attached hydrogens (tertiary/aromatic N) is 1. The highest BCUT2D eigenvalue weighted by molar-refractivity contribution is 5.96. The van der Waals surface area contributed by atoms with Crippen LogP contribution < -0.4 is 9.64 Å². The van der Waals surface area contributed by atoms with E-state index in [1.165, 1.54) is 38.7 Å². The lowest BCUT2D eigenvalue weighted by atomic mass is 9.84. The second-order valence-corrected chi connectivity index (χ2v) is 9.78. The highest BCUT2D eigenvalue weighted by atomic mass is 16.5. The molecule has 0 aromatic heterocycles. The first-order chi connectivity index (χ1) is 14.7. The standard InChI is InChI=1S/C29H29NO/c1-18-11-12-21-16-25-27(17-22(21)13-18)31-26-10-8-7-9-24(26)30(25)28-19(2)14-23(15-20(28)3)29(4,5)6/h7-17H,1-6H3. The van der Waals surface area contributed by atoms with Crippen LogP contribution in [-0.4, -0.2) is 0 Å². The highest BCUT2D eigenvalue weighted by Gasteiger charge is 2.29. The van der Waals surface area contributed by atoms with Gasteiger partial charge in [0.25, 0.3) is 0 Å². The lowest BCUT2D eigenvalue weighted by Gasteiger charge is -2.35. The van der Waals surface area contributed by atoms with Crippen molar-refractivity contribution in [2.24, 2.45) is 0 Å². The Hall–Kier alpha value is -3.26. The summed E-state index contributed by atoms with van der Waals surface area (Å²) in [7, 11) is 0. The summed E-state index contributed by atoms with van der Waals surface area (Å²) in [6.07, 6.45) is 0. The summed E-state index contributed by atoms with van der Waals surface area (Å²) in [5.74, 6) is 1.79. The second-order valence-electron chi connectivity index (χ2n) is 9.78. The van der Waals surface area contributed by atoms with E-state index >= 15 is 0 Å². The average molecular weight is 408 g/mol. The van der Waals surface area contributed by atoms with Gasteiger partial charge in [-0.05, 0) is 77.9 Å². The van der Waals surface area contributed by atoms with Crippen molar-refractivity contribution in [2.45, 2.75) is 47.0 Å². The molecule has 1 aliphatic heterocycles. The molecule has 0 N–H and O–H groups in total. The van der Waals surface area contributed by atoms with Crippen molar-refractivity contribution >= 4 is 27.8 Å². The second kappa shape index (κ2) is 6.88. The van der Waals surface area contributed by atoms with E-state index in [4.69, 9.17) is 4.74 Å². The molecule has 4 aromatic rings. The predicted molar refractivity (Wildman–Crippen MR) is 132 cm³/mol. The quantitative estimate of drug-likeness (QED) is 0.276. The van der Waals surface area contributed by atoms with Gasteiger partial charge in [-0.2, -0.15) is 0 Å². The maximum atomic E-state index is 6.39. The highest BCUT2D eigenvalue weighted by Crippen LogP contribution is 2.53. The van der Waals surface area contributed by atoms with Gasteiger partial charge in [0.15, 0.2) is 11.5 Å². The minimum absolute atomic E-state index is 0.114. The van der Waals surface area contributed by atoms with Gasteiger partial charge in [-0.15, -0.1) is 0 Å². The number of anilines is 3. The number of fused-ring (bicyclic) bond motifs is 3. The van der Waals surface area contributed by atoms with Crippen LogP contribution >= 0.6 is 0 Å². The minimum atomic E-state index is 0.114. The number of aryl methyl sites for hydroxylation is 3. The van der Waals surface area contributed by atoms with Gasteiger partial charge < -0.3 is 9.64 Å². The van der Waals surface area contributed by atoms with E-state index in [9.17, 15) is 0 Å². The summed E-state index contributed by atoms with van der Waals surface area (Å²) < 4.78 is 6.39. The van der Waals surface area contributed by atoms with Crippen molar-refractivity contribution in [1.29, 1.82) is 0 Å². The monoisotopic (exact) mass is 407 g/mol. The van der Waals surface area contributed by atoms with Crippen molar-refractivity contribution in [2.75, 3.05) is 4.90 Å². The third-order valence-electron chi connectivity index (χ3n) is 6.22. The summed E-state index contributed by atoms with van der Waals surface area (Å²) in [6.45, 7) is 13.4. The molecule has 4 aromatic carbocycles. The Bertz CT molecular complexity index is 1300. The average Bonchev–Trinajstić information content (AvgIpc) is 2.70. The van der Waals surface area contributed by atoms with E-state index in [2.05, 4.69) is 107 Å². The van der Waals surface area contributed by atoms with Crippen LogP contribution in [0.15, 0.2) is 66.7 Å². The van der Waals surface area contributed by atoms with Crippen LogP contribution in [0, 0.1) is 20.8 Å². The Balaban J connectivity index is 1.79. The van der Waals surface area contributed by atoms with Crippen molar-refractivity contribution < 1.29 is 4.74 Å². The Morgan fingerprint density at radius 1 is 0.677 bits per heavy atom. The number of hydrogen-bond acceptors (Lipinski definition) is 2. The smallest absolute Gasteiger partial charge is 0.152 e. The number of benzene rings is 4. The first-order valence-corrected chi connectivity index (χ1v) is 11.0.